The zero-order valence-corrected chi connectivity index (χ0v) is 29.4. The Bertz CT molecular complexity index is 2340. The molecule has 0 amide bonds. The quantitative estimate of drug-likeness (QED) is 0.132. The Hall–Kier alpha value is -5.70. The topological polar surface area (TPSA) is 153 Å². The number of likely N-dealkylation sites (tertiary alicyclic amines) is 1. The highest BCUT2D eigenvalue weighted by Crippen LogP contribution is 2.38. The number of aliphatic carboxylic acids is 1. The van der Waals surface area contributed by atoms with Crippen LogP contribution in [0.2, 0.25) is 0 Å². The van der Waals surface area contributed by atoms with E-state index < -0.39 is 5.97 Å². The Morgan fingerprint density at radius 2 is 1.75 bits per heavy atom. The molecule has 4 heterocycles. The van der Waals surface area contributed by atoms with Crippen molar-refractivity contribution in [3.63, 3.8) is 0 Å². The molecule has 1 saturated heterocycles. The van der Waals surface area contributed by atoms with E-state index in [9.17, 15) is 15.2 Å². The predicted octanol–water partition coefficient (Wildman–Crippen LogP) is 7.45. The molecule has 1 atom stereocenters. The van der Waals surface area contributed by atoms with E-state index in [0.717, 1.165) is 50.1 Å². The van der Waals surface area contributed by atoms with Gasteiger partial charge in [0.2, 0.25) is 5.89 Å². The standard InChI is InChI=1S/C40H40N8O3/c1-22(2)42-18-27-16-34-36(43-19-27)38(45-25(5)44-34)46-33-11-7-9-31(24(33)4)30-8-6-10-32(23(30)3)39-47-35-15-26(14-29(17-41)37(35)51-39)20-48-13-12-28(21-48)40(49)50/h6-11,14-16,19,22,28,42H,12-13,18,20-21H2,1-5H3,(H,49,50)(H,44,45,46)/t28-/m1/s1. The summed E-state index contributed by atoms with van der Waals surface area (Å²) in [7, 11) is 0. The van der Waals surface area contributed by atoms with Gasteiger partial charge in [0.15, 0.2) is 11.4 Å². The Balaban J connectivity index is 1.19. The first kappa shape index (κ1) is 33.8. The molecule has 3 N–H and O–H groups in total. The first-order chi connectivity index (χ1) is 24.6. The van der Waals surface area contributed by atoms with Crippen molar-refractivity contribution in [3.05, 3.63) is 94.4 Å². The number of carboxylic acid groups (broad SMARTS) is 1. The monoisotopic (exact) mass is 680 g/mol. The molecule has 6 aromatic rings. The van der Waals surface area contributed by atoms with E-state index in [1.165, 1.54) is 0 Å². The largest absolute Gasteiger partial charge is 0.481 e. The van der Waals surface area contributed by atoms with Crippen LogP contribution in [0.15, 0.2) is 65.2 Å². The van der Waals surface area contributed by atoms with Crippen LogP contribution in [0.25, 0.3) is 44.7 Å². The van der Waals surface area contributed by atoms with Crippen molar-refractivity contribution in [2.45, 2.75) is 60.2 Å². The van der Waals surface area contributed by atoms with Crippen molar-refractivity contribution in [2.24, 2.45) is 5.92 Å². The molecule has 11 nitrogen and oxygen atoms in total. The summed E-state index contributed by atoms with van der Waals surface area (Å²) in [5.41, 5.74) is 10.8. The summed E-state index contributed by atoms with van der Waals surface area (Å²) in [6, 6.07) is 20.7. The molecular formula is C40H40N8O3. The van der Waals surface area contributed by atoms with E-state index in [-0.39, 0.29) is 5.92 Å². The molecule has 1 aliphatic rings. The fourth-order valence-electron chi connectivity index (χ4n) is 6.85. The van der Waals surface area contributed by atoms with Crippen LogP contribution in [-0.2, 0) is 17.9 Å². The van der Waals surface area contributed by atoms with Gasteiger partial charge in [-0.25, -0.2) is 15.0 Å². The molecule has 51 heavy (non-hydrogen) atoms. The molecule has 0 aliphatic carbocycles. The second-order valence-electron chi connectivity index (χ2n) is 13.6. The number of aromatic nitrogens is 4. The minimum absolute atomic E-state index is 0.364. The lowest BCUT2D eigenvalue weighted by molar-refractivity contribution is -0.141. The fourth-order valence-corrected chi connectivity index (χ4v) is 6.85. The van der Waals surface area contributed by atoms with Crippen LogP contribution in [0.1, 0.15) is 53.9 Å². The number of carboxylic acids is 1. The Labute approximate surface area is 296 Å². The van der Waals surface area contributed by atoms with Crippen molar-refractivity contribution in [2.75, 3.05) is 18.4 Å². The van der Waals surface area contributed by atoms with E-state index in [2.05, 4.69) is 72.5 Å². The summed E-state index contributed by atoms with van der Waals surface area (Å²) in [6.07, 6.45) is 2.49. The number of hydrogen-bond donors (Lipinski definition) is 3. The maximum absolute atomic E-state index is 11.5. The lowest BCUT2D eigenvalue weighted by atomic mass is 9.93. The average Bonchev–Trinajstić information content (AvgIpc) is 3.75. The number of benzene rings is 3. The maximum Gasteiger partial charge on any atom is 0.307 e. The van der Waals surface area contributed by atoms with E-state index in [1.54, 1.807) is 0 Å². The number of rotatable bonds is 10. The SMILES string of the molecule is Cc1nc(Nc2cccc(-c3cccc(-c4nc5cc(CN6CC[C@@H](C(=O)O)C6)cc(C#N)c5o4)c3C)c2C)c2ncc(CNC(C)C)cc2n1. The molecule has 1 fully saturated rings. The maximum atomic E-state index is 11.5. The molecule has 0 saturated carbocycles. The van der Waals surface area contributed by atoms with Crippen LogP contribution in [0.5, 0.6) is 0 Å². The van der Waals surface area contributed by atoms with Gasteiger partial charge in [-0.2, -0.15) is 5.26 Å². The Morgan fingerprint density at radius 3 is 2.49 bits per heavy atom. The number of oxazole rings is 1. The third-order valence-electron chi connectivity index (χ3n) is 9.56. The highest BCUT2D eigenvalue weighted by atomic mass is 16.4. The number of nitrogens with one attached hydrogen (secondary N) is 2. The minimum Gasteiger partial charge on any atom is -0.481 e. The lowest BCUT2D eigenvalue weighted by Gasteiger charge is -2.17. The van der Waals surface area contributed by atoms with Gasteiger partial charge in [-0.15, -0.1) is 0 Å². The Morgan fingerprint density at radius 1 is 1.00 bits per heavy atom. The smallest absolute Gasteiger partial charge is 0.307 e. The third-order valence-corrected chi connectivity index (χ3v) is 9.56. The molecule has 258 valence electrons. The van der Waals surface area contributed by atoms with Gasteiger partial charge in [0, 0.05) is 43.1 Å². The van der Waals surface area contributed by atoms with Gasteiger partial charge in [-0.3, -0.25) is 14.7 Å². The van der Waals surface area contributed by atoms with Crippen molar-refractivity contribution < 1.29 is 14.3 Å². The van der Waals surface area contributed by atoms with E-state index in [4.69, 9.17) is 19.4 Å². The second kappa shape index (κ2) is 13.9. The fraction of sp³-hybridized carbons (Fsp3) is 0.300. The van der Waals surface area contributed by atoms with Crippen LogP contribution in [0.3, 0.4) is 0 Å². The van der Waals surface area contributed by atoms with Crippen LogP contribution in [0.4, 0.5) is 11.5 Å². The molecule has 0 bridgehead atoms. The first-order valence-corrected chi connectivity index (χ1v) is 17.2. The zero-order valence-electron chi connectivity index (χ0n) is 29.4. The molecule has 0 unspecified atom stereocenters. The van der Waals surface area contributed by atoms with E-state index >= 15 is 0 Å². The van der Waals surface area contributed by atoms with Gasteiger partial charge in [0.05, 0.1) is 17.0 Å². The molecule has 3 aromatic carbocycles. The van der Waals surface area contributed by atoms with Crippen LogP contribution < -0.4 is 10.6 Å². The third kappa shape index (κ3) is 6.88. The number of fused-ring (bicyclic) bond motifs is 2. The van der Waals surface area contributed by atoms with Gasteiger partial charge < -0.3 is 20.2 Å². The molecular weight excluding hydrogens is 640 g/mol. The minimum atomic E-state index is -0.765. The van der Waals surface area contributed by atoms with Crippen LogP contribution in [-0.4, -0.2) is 55.0 Å². The Kier molecular flexibility index (Phi) is 9.21. The number of pyridine rings is 1. The zero-order chi connectivity index (χ0) is 35.8. The summed E-state index contributed by atoms with van der Waals surface area (Å²) in [4.78, 5) is 32.6. The van der Waals surface area contributed by atoms with Gasteiger partial charge in [0.1, 0.15) is 22.9 Å². The highest BCUT2D eigenvalue weighted by Gasteiger charge is 2.28. The van der Waals surface area contributed by atoms with E-state index in [0.29, 0.717) is 78.4 Å². The number of hydrogen-bond acceptors (Lipinski definition) is 10. The summed E-state index contributed by atoms with van der Waals surface area (Å²) < 4.78 is 6.28. The van der Waals surface area contributed by atoms with Crippen LogP contribution in [0, 0.1) is 38.0 Å². The first-order valence-electron chi connectivity index (χ1n) is 17.2. The van der Waals surface area contributed by atoms with E-state index in [1.807, 2.05) is 49.5 Å². The van der Waals surface area contributed by atoms with Crippen molar-refractivity contribution >= 4 is 39.6 Å². The summed E-state index contributed by atoms with van der Waals surface area (Å²) in [5, 5.41) is 26.4. The predicted molar refractivity (Wildman–Crippen MR) is 197 cm³/mol. The van der Waals surface area contributed by atoms with Crippen molar-refractivity contribution in [1.29, 1.82) is 5.26 Å². The molecule has 7 rings (SSSR count). The van der Waals surface area contributed by atoms with Gasteiger partial charge in [-0.05, 0) is 97.4 Å². The van der Waals surface area contributed by atoms with Gasteiger partial charge >= 0.3 is 5.97 Å². The summed E-state index contributed by atoms with van der Waals surface area (Å²) >= 11 is 0. The highest BCUT2D eigenvalue weighted by molar-refractivity contribution is 5.89. The summed E-state index contributed by atoms with van der Waals surface area (Å²) in [6.45, 7) is 12.7. The van der Waals surface area contributed by atoms with Crippen molar-refractivity contribution in [3.8, 4) is 28.7 Å². The molecule has 11 heteroatoms. The molecule has 1 aliphatic heterocycles. The number of aryl methyl sites for hydroxylation is 1. The number of nitrogens with zero attached hydrogens (tertiary/aromatic N) is 6. The molecule has 0 spiro atoms. The number of anilines is 2. The van der Waals surface area contributed by atoms with Crippen molar-refractivity contribution in [1.82, 2.24) is 30.2 Å². The summed E-state index contributed by atoms with van der Waals surface area (Å²) in [5.74, 6) is 0.618. The normalized spacial score (nSPS) is 14.8. The van der Waals surface area contributed by atoms with Gasteiger partial charge in [-0.1, -0.05) is 38.1 Å². The average molecular weight is 681 g/mol. The van der Waals surface area contributed by atoms with Crippen LogP contribution >= 0.6 is 0 Å². The molecule has 3 aromatic heterocycles. The van der Waals surface area contributed by atoms with Gasteiger partial charge in [0.25, 0.3) is 0 Å². The lowest BCUT2D eigenvalue weighted by Crippen LogP contribution is -2.22. The number of carbonyl (C=O) groups is 1. The second-order valence-corrected chi connectivity index (χ2v) is 13.6. The number of nitriles is 1. The molecule has 0 radical (unpaired) electrons.